The van der Waals surface area contributed by atoms with Crippen LogP contribution in [-0.4, -0.2) is 12.5 Å². The van der Waals surface area contributed by atoms with Gasteiger partial charge < -0.3 is 15.5 Å². The largest absolute Gasteiger partial charge is 0.433 e. The minimum absolute atomic E-state index is 0.0318. The minimum Gasteiger partial charge on any atom is -0.433 e. The highest BCUT2D eigenvalue weighted by atomic mass is 35.5. The van der Waals surface area contributed by atoms with E-state index >= 15 is 0 Å². The number of carbonyl (C=O) groups is 1. The van der Waals surface area contributed by atoms with E-state index in [9.17, 15) is 13.6 Å². The highest BCUT2D eigenvalue weighted by Gasteiger charge is 2.29. The number of anilines is 1. The first kappa shape index (κ1) is 18.0. The van der Waals surface area contributed by atoms with Gasteiger partial charge in [0.15, 0.2) is 0 Å². The van der Waals surface area contributed by atoms with Crippen LogP contribution in [0.15, 0.2) is 30.3 Å². The normalized spacial score (nSPS) is 15.4. The molecule has 1 amide bonds. The van der Waals surface area contributed by atoms with Gasteiger partial charge in [0.25, 0.3) is 5.91 Å². The number of ether oxygens (including phenoxy) is 1. The zero-order valence-electron chi connectivity index (χ0n) is 14.3. The van der Waals surface area contributed by atoms with Gasteiger partial charge in [0.05, 0.1) is 10.7 Å². The van der Waals surface area contributed by atoms with Crippen molar-refractivity contribution >= 4 is 23.2 Å². The number of benzene rings is 2. The number of hydrogen-bond donors (Lipinski definition) is 3. The van der Waals surface area contributed by atoms with Gasteiger partial charge in [-0.15, -0.1) is 0 Å². The van der Waals surface area contributed by atoms with Gasteiger partial charge in [-0.2, -0.15) is 8.78 Å². The molecule has 27 heavy (non-hydrogen) atoms. The smallest absolute Gasteiger partial charge is 0.387 e. The van der Waals surface area contributed by atoms with Crippen molar-refractivity contribution in [1.29, 1.82) is 0 Å². The second kappa shape index (κ2) is 7.32. The third-order valence-corrected chi connectivity index (χ3v) is 5.10. The second-order valence-corrected chi connectivity index (χ2v) is 7.03. The van der Waals surface area contributed by atoms with Gasteiger partial charge in [0, 0.05) is 18.7 Å². The Morgan fingerprint density at radius 1 is 1.30 bits per heavy atom. The molecule has 1 saturated carbocycles. The number of halogens is 3. The van der Waals surface area contributed by atoms with Gasteiger partial charge in [-0.3, -0.25) is 4.79 Å². The maximum atomic E-state index is 12.5. The molecular weight excluding hydrogens is 376 g/mol. The van der Waals surface area contributed by atoms with Crippen molar-refractivity contribution in [3.05, 3.63) is 57.6 Å². The van der Waals surface area contributed by atoms with Crippen LogP contribution in [0.4, 0.5) is 14.5 Å². The summed E-state index contributed by atoms with van der Waals surface area (Å²) >= 11 is 5.93. The summed E-state index contributed by atoms with van der Waals surface area (Å²) in [6, 6.07) is 8.20. The summed E-state index contributed by atoms with van der Waals surface area (Å²) in [6.45, 7) is -1.87. The molecule has 0 radical (unpaired) electrons. The SMILES string of the molecule is O=C(NCc1c(C2CC2)ccc2c1CNN2)c1ccc(OC(F)F)c(Cl)c1. The lowest BCUT2D eigenvalue weighted by molar-refractivity contribution is -0.0497. The first-order valence-corrected chi connectivity index (χ1v) is 9.07. The fourth-order valence-electron chi connectivity index (χ4n) is 3.35. The third-order valence-electron chi connectivity index (χ3n) is 4.81. The zero-order valence-corrected chi connectivity index (χ0v) is 15.1. The van der Waals surface area contributed by atoms with Crippen LogP contribution < -0.4 is 20.9 Å². The van der Waals surface area contributed by atoms with E-state index in [1.165, 1.54) is 42.2 Å². The van der Waals surface area contributed by atoms with E-state index in [0.29, 0.717) is 24.6 Å². The molecule has 2 aromatic rings. The molecule has 0 spiro atoms. The number of hydrogen-bond acceptors (Lipinski definition) is 4. The van der Waals surface area contributed by atoms with Crippen molar-refractivity contribution in [3.8, 4) is 5.75 Å². The first-order chi connectivity index (χ1) is 13.0. The summed E-state index contributed by atoms with van der Waals surface area (Å²) < 4.78 is 28.9. The minimum atomic E-state index is -2.97. The van der Waals surface area contributed by atoms with E-state index in [0.717, 1.165) is 11.3 Å². The van der Waals surface area contributed by atoms with Crippen molar-refractivity contribution in [2.45, 2.75) is 38.5 Å². The summed E-state index contributed by atoms with van der Waals surface area (Å²) in [4.78, 5) is 12.5. The predicted molar refractivity (Wildman–Crippen MR) is 98.1 cm³/mol. The lowest BCUT2D eigenvalue weighted by atomic mass is 9.96. The molecule has 2 aromatic carbocycles. The average molecular weight is 394 g/mol. The summed E-state index contributed by atoms with van der Waals surface area (Å²) in [6.07, 6.45) is 2.34. The average Bonchev–Trinajstić information content (AvgIpc) is 3.37. The van der Waals surface area contributed by atoms with E-state index in [4.69, 9.17) is 11.6 Å². The third kappa shape index (κ3) is 3.84. The lowest BCUT2D eigenvalue weighted by Crippen LogP contribution is -2.24. The Kier molecular flexibility index (Phi) is 4.88. The van der Waals surface area contributed by atoms with Crippen LogP contribution in [0.1, 0.15) is 45.8 Å². The predicted octanol–water partition coefficient (Wildman–Crippen LogP) is 4.18. The fraction of sp³-hybridized carbons (Fsp3) is 0.316. The Balaban J connectivity index is 1.50. The first-order valence-electron chi connectivity index (χ1n) is 8.69. The number of nitrogens with one attached hydrogen (secondary N) is 3. The molecule has 8 heteroatoms. The van der Waals surface area contributed by atoms with E-state index in [1.807, 2.05) is 0 Å². The Morgan fingerprint density at radius 2 is 2.11 bits per heavy atom. The van der Waals surface area contributed by atoms with Gasteiger partial charge in [-0.25, -0.2) is 5.43 Å². The quantitative estimate of drug-likeness (QED) is 0.689. The summed E-state index contributed by atoms with van der Waals surface area (Å²) in [5.74, 6) is 0.0825. The molecule has 3 N–H and O–H groups in total. The van der Waals surface area contributed by atoms with Crippen LogP contribution in [0, 0.1) is 0 Å². The van der Waals surface area contributed by atoms with Crippen molar-refractivity contribution < 1.29 is 18.3 Å². The van der Waals surface area contributed by atoms with Crippen molar-refractivity contribution in [3.63, 3.8) is 0 Å². The Bertz CT molecular complexity index is 887. The summed E-state index contributed by atoms with van der Waals surface area (Å²) in [5.41, 5.74) is 11.1. The van der Waals surface area contributed by atoms with Crippen molar-refractivity contribution in [2.75, 3.05) is 5.43 Å². The van der Waals surface area contributed by atoms with Crippen molar-refractivity contribution in [1.82, 2.24) is 10.7 Å². The maximum Gasteiger partial charge on any atom is 0.387 e. The van der Waals surface area contributed by atoms with Gasteiger partial charge in [-0.1, -0.05) is 17.7 Å². The van der Waals surface area contributed by atoms with E-state index in [-0.39, 0.29) is 16.7 Å². The zero-order chi connectivity index (χ0) is 19.0. The molecule has 1 aliphatic heterocycles. The summed E-state index contributed by atoms with van der Waals surface area (Å²) in [7, 11) is 0. The molecular formula is C19H18ClF2N3O2. The molecule has 1 heterocycles. The lowest BCUT2D eigenvalue weighted by Gasteiger charge is -2.15. The van der Waals surface area contributed by atoms with Gasteiger partial charge in [0.2, 0.25) is 0 Å². The fourth-order valence-corrected chi connectivity index (χ4v) is 3.57. The molecule has 2 aliphatic rings. The van der Waals surface area contributed by atoms with Crippen LogP contribution in [0.25, 0.3) is 0 Å². The molecule has 1 aliphatic carbocycles. The molecule has 0 unspecified atom stereocenters. The number of amides is 1. The number of rotatable bonds is 6. The standard InChI is InChI=1S/C19H18ClF2N3O2/c20-15-7-11(3-6-17(15)27-19(21)22)18(26)23-8-13-12(10-1-2-10)4-5-16-14(13)9-24-25-16/h3-7,10,19,24-25H,1-2,8-9H2,(H,23,26). The highest BCUT2D eigenvalue weighted by Crippen LogP contribution is 2.44. The Morgan fingerprint density at radius 3 is 2.81 bits per heavy atom. The highest BCUT2D eigenvalue weighted by molar-refractivity contribution is 6.32. The molecule has 1 fully saturated rings. The number of fused-ring (bicyclic) bond motifs is 1. The Labute approximate surface area is 160 Å². The number of carbonyl (C=O) groups excluding carboxylic acids is 1. The molecule has 0 bridgehead atoms. The molecule has 0 aromatic heterocycles. The monoisotopic (exact) mass is 393 g/mol. The van der Waals surface area contributed by atoms with Gasteiger partial charge >= 0.3 is 6.61 Å². The number of hydrazine groups is 1. The molecule has 142 valence electrons. The van der Waals surface area contributed by atoms with Crippen LogP contribution in [0.3, 0.4) is 0 Å². The summed E-state index contributed by atoms with van der Waals surface area (Å²) in [5, 5.41) is 2.88. The van der Waals surface area contributed by atoms with Crippen molar-refractivity contribution in [2.24, 2.45) is 0 Å². The van der Waals surface area contributed by atoms with Gasteiger partial charge in [0.1, 0.15) is 5.75 Å². The van der Waals surface area contributed by atoms with E-state index in [2.05, 4.69) is 33.0 Å². The van der Waals surface area contributed by atoms with Crippen LogP contribution in [0.5, 0.6) is 5.75 Å². The topological polar surface area (TPSA) is 62.4 Å². The van der Waals surface area contributed by atoms with Crippen LogP contribution in [-0.2, 0) is 13.1 Å². The molecule has 0 saturated heterocycles. The molecule has 0 atom stereocenters. The van der Waals surface area contributed by atoms with Gasteiger partial charge in [-0.05, 0) is 59.7 Å². The van der Waals surface area contributed by atoms with E-state index in [1.54, 1.807) is 0 Å². The Hall–Kier alpha value is -2.38. The molecule has 4 rings (SSSR count). The second-order valence-electron chi connectivity index (χ2n) is 6.62. The van der Waals surface area contributed by atoms with Crippen LogP contribution >= 0.6 is 11.6 Å². The van der Waals surface area contributed by atoms with E-state index < -0.39 is 6.61 Å². The molecule has 5 nitrogen and oxygen atoms in total. The van der Waals surface area contributed by atoms with Crippen LogP contribution in [0.2, 0.25) is 5.02 Å². The number of alkyl halides is 2. The maximum absolute atomic E-state index is 12.5.